The molecular weight excluding hydrogens is 362 g/mol. The van der Waals surface area contributed by atoms with Gasteiger partial charge < -0.3 is 9.47 Å². The van der Waals surface area contributed by atoms with Crippen molar-refractivity contribution in [3.8, 4) is 0 Å². The van der Waals surface area contributed by atoms with E-state index in [0.29, 0.717) is 24.5 Å². The Morgan fingerprint density at radius 3 is 2.69 bits per heavy atom. The standard InChI is InChI=1S/C23H31N5O/c1-17(2)28-14-21(25-16-28)20-13-27(19-4-3-5-19)15-23(20)8-11-26(22(23)29)12-18-6-9-24-10-7-18/h6-7,9-10,14,16-17,19-20H,3-5,8,11-13,15H2,1-2H3. The van der Waals surface area contributed by atoms with Gasteiger partial charge in [-0.2, -0.15) is 0 Å². The summed E-state index contributed by atoms with van der Waals surface area (Å²) in [5.41, 5.74) is 1.93. The summed E-state index contributed by atoms with van der Waals surface area (Å²) in [5.74, 6) is 0.512. The lowest BCUT2D eigenvalue weighted by Crippen LogP contribution is -2.42. The van der Waals surface area contributed by atoms with Crippen LogP contribution in [-0.4, -0.2) is 55.9 Å². The fourth-order valence-electron chi connectivity index (χ4n) is 5.36. The fourth-order valence-corrected chi connectivity index (χ4v) is 5.36. The molecule has 154 valence electrons. The molecule has 1 saturated carbocycles. The van der Waals surface area contributed by atoms with E-state index < -0.39 is 0 Å². The molecule has 29 heavy (non-hydrogen) atoms. The molecule has 0 radical (unpaired) electrons. The molecule has 2 saturated heterocycles. The molecule has 2 aromatic heterocycles. The van der Waals surface area contributed by atoms with Crippen molar-refractivity contribution < 1.29 is 4.79 Å². The normalized spacial score (nSPS) is 28.0. The van der Waals surface area contributed by atoms with Gasteiger partial charge >= 0.3 is 0 Å². The largest absolute Gasteiger partial charge is 0.338 e. The molecule has 4 heterocycles. The number of carbonyl (C=O) groups excluding carboxylic acids is 1. The highest BCUT2D eigenvalue weighted by Crippen LogP contribution is 2.51. The third-order valence-electron chi connectivity index (χ3n) is 7.40. The lowest BCUT2D eigenvalue weighted by atomic mass is 9.75. The fraction of sp³-hybridized carbons (Fsp3) is 0.609. The van der Waals surface area contributed by atoms with Crippen LogP contribution in [0.3, 0.4) is 0 Å². The van der Waals surface area contributed by atoms with Crippen molar-refractivity contribution in [2.75, 3.05) is 19.6 Å². The Morgan fingerprint density at radius 1 is 1.24 bits per heavy atom. The van der Waals surface area contributed by atoms with E-state index in [1.54, 1.807) is 12.4 Å². The van der Waals surface area contributed by atoms with Gasteiger partial charge in [-0.3, -0.25) is 14.7 Å². The van der Waals surface area contributed by atoms with E-state index in [4.69, 9.17) is 4.98 Å². The number of hydrogen-bond acceptors (Lipinski definition) is 4. The van der Waals surface area contributed by atoms with Crippen LogP contribution in [0.15, 0.2) is 37.1 Å². The van der Waals surface area contributed by atoms with Crippen LogP contribution < -0.4 is 0 Å². The van der Waals surface area contributed by atoms with Crippen molar-refractivity contribution >= 4 is 5.91 Å². The van der Waals surface area contributed by atoms with Crippen LogP contribution in [0.2, 0.25) is 0 Å². The number of nitrogens with zero attached hydrogens (tertiary/aromatic N) is 5. The zero-order valence-corrected chi connectivity index (χ0v) is 17.5. The number of amides is 1. The molecule has 0 aromatic carbocycles. The lowest BCUT2D eigenvalue weighted by molar-refractivity contribution is -0.136. The minimum absolute atomic E-state index is 0.193. The Morgan fingerprint density at radius 2 is 2.03 bits per heavy atom. The summed E-state index contributed by atoms with van der Waals surface area (Å²) in [4.78, 5) is 27.3. The minimum atomic E-state index is -0.321. The van der Waals surface area contributed by atoms with Crippen LogP contribution >= 0.6 is 0 Å². The molecule has 2 unspecified atom stereocenters. The van der Waals surface area contributed by atoms with Crippen molar-refractivity contribution in [2.45, 2.75) is 64.1 Å². The van der Waals surface area contributed by atoms with E-state index in [0.717, 1.165) is 37.3 Å². The van der Waals surface area contributed by atoms with E-state index in [2.05, 4.69) is 39.4 Å². The van der Waals surface area contributed by atoms with Gasteiger partial charge in [0.25, 0.3) is 0 Å². The summed E-state index contributed by atoms with van der Waals surface area (Å²) in [5, 5.41) is 0. The van der Waals surface area contributed by atoms with Crippen LogP contribution in [0.1, 0.15) is 62.7 Å². The second-order valence-corrected chi connectivity index (χ2v) is 9.39. The van der Waals surface area contributed by atoms with Gasteiger partial charge in [-0.25, -0.2) is 4.98 Å². The summed E-state index contributed by atoms with van der Waals surface area (Å²) < 4.78 is 2.17. The van der Waals surface area contributed by atoms with E-state index in [1.165, 1.54) is 19.3 Å². The number of carbonyl (C=O) groups is 1. The van der Waals surface area contributed by atoms with Crippen LogP contribution in [0.25, 0.3) is 0 Å². The Balaban J connectivity index is 1.43. The molecule has 1 spiro atoms. The average molecular weight is 394 g/mol. The topological polar surface area (TPSA) is 54.3 Å². The first-order valence-corrected chi connectivity index (χ1v) is 11.0. The number of imidazole rings is 1. The Bertz CT molecular complexity index is 874. The quantitative estimate of drug-likeness (QED) is 0.783. The van der Waals surface area contributed by atoms with E-state index >= 15 is 0 Å². The molecular formula is C23H31N5O. The highest BCUT2D eigenvalue weighted by molar-refractivity contribution is 5.86. The third-order valence-corrected chi connectivity index (χ3v) is 7.40. The summed E-state index contributed by atoms with van der Waals surface area (Å²) in [6.07, 6.45) is 12.5. The van der Waals surface area contributed by atoms with Gasteiger partial charge in [0.2, 0.25) is 5.91 Å². The maximum atomic E-state index is 13.8. The number of aromatic nitrogens is 3. The Kier molecular flexibility index (Phi) is 4.69. The highest BCUT2D eigenvalue weighted by atomic mass is 16.2. The summed E-state index contributed by atoms with van der Waals surface area (Å²) in [7, 11) is 0. The van der Waals surface area contributed by atoms with E-state index in [1.807, 2.05) is 18.5 Å². The maximum absolute atomic E-state index is 13.8. The highest BCUT2D eigenvalue weighted by Gasteiger charge is 2.58. The second kappa shape index (κ2) is 7.24. The zero-order chi connectivity index (χ0) is 20.0. The van der Waals surface area contributed by atoms with Crippen molar-refractivity contribution in [1.29, 1.82) is 0 Å². The van der Waals surface area contributed by atoms with Crippen molar-refractivity contribution in [3.05, 3.63) is 48.3 Å². The van der Waals surface area contributed by atoms with Crippen molar-refractivity contribution in [3.63, 3.8) is 0 Å². The van der Waals surface area contributed by atoms with Gasteiger partial charge in [0.15, 0.2) is 0 Å². The molecule has 0 bridgehead atoms. The molecule has 2 atom stereocenters. The lowest BCUT2D eigenvalue weighted by Gasteiger charge is -2.35. The smallest absolute Gasteiger partial charge is 0.231 e. The van der Waals surface area contributed by atoms with Crippen molar-refractivity contribution in [2.24, 2.45) is 5.41 Å². The first-order valence-electron chi connectivity index (χ1n) is 11.0. The molecule has 2 aliphatic heterocycles. The van der Waals surface area contributed by atoms with E-state index in [9.17, 15) is 4.79 Å². The van der Waals surface area contributed by atoms with E-state index in [-0.39, 0.29) is 11.3 Å². The van der Waals surface area contributed by atoms with Gasteiger partial charge in [0.1, 0.15) is 0 Å². The molecule has 1 amide bonds. The molecule has 6 heteroatoms. The first-order chi connectivity index (χ1) is 14.1. The minimum Gasteiger partial charge on any atom is -0.338 e. The predicted molar refractivity (Wildman–Crippen MR) is 111 cm³/mol. The molecule has 2 aromatic rings. The van der Waals surface area contributed by atoms with Gasteiger partial charge in [-0.05, 0) is 50.8 Å². The van der Waals surface area contributed by atoms with Crippen LogP contribution in [0, 0.1) is 5.41 Å². The van der Waals surface area contributed by atoms with Gasteiger partial charge in [0.05, 0.1) is 17.4 Å². The molecule has 3 fully saturated rings. The Hall–Kier alpha value is -2.21. The summed E-state index contributed by atoms with van der Waals surface area (Å²) in [6.45, 7) is 7.72. The number of hydrogen-bond donors (Lipinski definition) is 0. The van der Waals surface area contributed by atoms with Crippen LogP contribution in [0.5, 0.6) is 0 Å². The molecule has 5 rings (SSSR count). The van der Waals surface area contributed by atoms with Gasteiger partial charge in [-0.1, -0.05) is 6.42 Å². The average Bonchev–Trinajstić information content (AvgIpc) is 3.36. The van der Waals surface area contributed by atoms with Crippen LogP contribution in [0.4, 0.5) is 0 Å². The third kappa shape index (κ3) is 3.18. The molecule has 1 aliphatic carbocycles. The number of rotatable bonds is 5. The Labute approximate surface area is 172 Å². The van der Waals surface area contributed by atoms with Crippen molar-refractivity contribution in [1.82, 2.24) is 24.3 Å². The number of pyridine rings is 1. The van der Waals surface area contributed by atoms with Gasteiger partial charge in [0, 0.05) is 62.8 Å². The summed E-state index contributed by atoms with van der Waals surface area (Å²) in [6, 6.07) is 5.06. The molecule has 0 N–H and O–H groups in total. The molecule has 6 nitrogen and oxygen atoms in total. The zero-order valence-electron chi connectivity index (χ0n) is 17.5. The summed E-state index contributed by atoms with van der Waals surface area (Å²) >= 11 is 0. The molecule has 3 aliphatic rings. The maximum Gasteiger partial charge on any atom is 0.231 e. The first kappa shape index (κ1) is 18.8. The second-order valence-electron chi connectivity index (χ2n) is 9.39. The van der Waals surface area contributed by atoms with Gasteiger partial charge in [-0.15, -0.1) is 0 Å². The SMILES string of the molecule is CC(C)n1cnc(C2CN(C3CCC3)CC23CCN(Cc2ccncc2)C3=O)c1. The van der Waals surface area contributed by atoms with Crippen LogP contribution in [-0.2, 0) is 11.3 Å². The number of likely N-dealkylation sites (tertiary alicyclic amines) is 2. The predicted octanol–water partition coefficient (Wildman–Crippen LogP) is 3.23. The monoisotopic (exact) mass is 393 g/mol.